The van der Waals surface area contributed by atoms with E-state index in [4.69, 9.17) is 0 Å². The fourth-order valence-corrected chi connectivity index (χ4v) is 2.83. The standard InChI is InChI=1S/C12H10F2N2O2S/c1-8-6-9(13)2-4-11(8)19(17,18)16-10-3-5-12(14)15-7-10/h2-7,16H,1H3. The van der Waals surface area contributed by atoms with Gasteiger partial charge in [-0.3, -0.25) is 4.72 Å². The van der Waals surface area contributed by atoms with E-state index in [-0.39, 0.29) is 16.1 Å². The number of sulfonamides is 1. The summed E-state index contributed by atoms with van der Waals surface area (Å²) in [5.74, 6) is -1.22. The zero-order valence-corrected chi connectivity index (χ0v) is 10.7. The lowest BCUT2D eigenvalue weighted by atomic mass is 10.2. The third kappa shape index (κ3) is 3.05. The maximum Gasteiger partial charge on any atom is 0.262 e. The van der Waals surface area contributed by atoms with Gasteiger partial charge < -0.3 is 0 Å². The lowest BCUT2D eigenvalue weighted by molar-refractivity contribution is 0.583. The van der Waals surface area contributed by atoms with Gasteiger partial charge in [0.25, 0.3) is 10.0 Å². The molecule has 2 aromatic rings. The van der Waals surface area contributed by atoms with Crippen LogP contribution in [0.15, 0.2) is 41.4 Å². The molecule has 0 aliphatic carbocycles. The molecule has 0 spiro atoms. The average molecular weight is 284 g/mol. The molecule has 100 valence electrons. The summed E-state index contributed by atoms with van der Waals surface area (Å²) in [5, 5.41) is 0. The molecule has 0 saturated heterocycles. The number of anilines is 1. The van der Waals surface area contributed by atoms with Crippen LogP contribution in [0.4, 0.5) is 14.5 Å². The minimum Gasteiger partial charge on any atom is -0.278 e. The molecule has 1 aromatic carbocycles. The first kappa shape index (κ1) is 13.4. The van der Waals surface area contributed by atoms with Gasteiger partial charge in [-0.05, 0) is 42.8 Å². The molecular formula is C12H10F2N2O2S. The molecule has 0 radical (unpaired) electrons. The minimum absolute atomic E-state index is 0.0433. The largest absolute Gasteiger partial charge is 0.278 e. The molecule has 1 aromatic heterocycles. The molecule has 2 rings (SSSR count). The molecule has 1 heterocycles. The normalized spacial score (nSPS) is 11.3. The third-order valence-electron chi connectivity index (χ3n) is 2.41. The highest BCUT2D eigenvalue weighted by molar-refractivity contribution is 7.92. The van der Waals surface area contributed by atoms with Gasteiger partial charge in [-0.2, -0.15) is 4.39 Å². The summed E-state index contributed by atoms with van der Waals surface area (Å²) < 4.78 is 51.9. The van der Waals surface area contributed by atoms with Crippen LogP contribution in [0.5, 0.6) is 0 Å². The predicted molar refractivity (Wildman–Crippen MR) is 66.1 cm³/mol. The summed E-state index contributed by atoms with van der Waals surface area (Å²) in [5.41, 5.74) is 0.410. The Bertz CT molecular complexity index is 700. The fraction of sp³-hybridized carbons (Fsp3) is 0.0833. The van der Waals surface area contributed by atoms with Crippen molar-refractivity contribution in [3.8, 4) is 0 Å². The van der Waals surface area contributed by atoms with E-state index in [1.165, 1.54) is 19.1 Å². The molecular weight excluding hydrogens is 274 g/mol. The van der Waals surface area contributed by atoms with E-state index in [0.29, 0.717) is 0 Å². The Kier molecular flexibility index (Phi) is 3.48. The van der Waals surface area contributed by atoms with E-state index in [1.54, 1.807) is 0 Å². The lowest BCUT2D eigenvalue weighted by Gasteiger charge is -2.09. The molecule has 4 nitrogen and oxygen atoms in total. The molecule has 7 heteroatoms. The number of rotatable bonds is 3. The van der Waals surface area contributed by atoms with Gasteiger partial charge in [-0.1, -0.05) is 0 Å². The van der Waals surface area contributed by atoms with Gasteiger partial charge in [0.1, 0.15) is 5.82 Å². The van der Waals surface area contributed by atoms with E-state index < -0.39 is 21.8 Å². The zero-order chi connectivity index (χ0) is 14.0. The van der Waals surface area contributed by atoms with Crippen molar-refractivity contribution < 1.29 is 17.2 Å². The number of hydrogen-bond acceptors (Lipinski definition) is 3. The van der Waals surface area contributed by atoms with Crippen LogP contribution in [0.1, 0.15) is 5.56 Å². The number of nitrogens with one attached hydrogen (secondary N) is 1. The maximum absolute atomic E-state index is 12.9. The van der Waals surface area contributed by atoms with Crippen molar-refractivity contribution >= 4 is 15.7 Å². The predicted octanol–water partition coefficient (Wildman–Crippen LogP) is 2.47. The van der Waals surface area contributed by atoms with Crippen LogP contribution in [0.2, 0.25) is 0 Å². The molecule has 0 amide bonds. The Balaban J connectivity index is 2.35. The smallest absolute Gasteiger partial charge is 0.262 e. The monoisotopic (exact) mass is 284 g/mol. The number of halogens is 2. The number of nitrogens with zero attached hydrogens (tertiary/aromatic N) is 1. The van der Waals surface area contributed by atoms with Crippen LogP contribution in [-0.2, 0) is 10.0 Å². The summed E-state index contributed by atoms with van der Waals surface area (Å²) >= 11 is 0. The van der Waals surface area contributed by atoms with E-state index >= 15 is 0 Å². The van der Waals surface area contributed by atoms with Crippen molar-refractivity contribution in [3.63, 3.8) is 0 Å². The summed E-state index contributed by atoms with van der Waals surface area (Å²) in [4.78, 5) is 3.30. The van der Waals surface area contributed by atoms with Gasteiger partial charge in [0.15, 0.2) is 0 Å². The van der Waals surface area contributed by atoms with Crippen LogP contribution in [0.3, 0.4) is 0 Å². The fourth-order valence-electron chi connectivity index (χ4n) is 1.56. The number of pyridine rings is 1. The molecule has 19 heavy (non-hydrogen) atoms. The van der Waals surface area contributed by atoms with Crippen LogP contribution in [0, 0.1) is 18.7 Å². The zero-order valence-electron chi connectivity index (χ0n) is 9.89. The van der Waals surface area contributed by atoms with Crippen molar-refractivity contribution in [2.75, 3.05) is 4.72 Å². The van der Waals surface area contributed by atoms with Crippen molar-refractivity contribution in [3.05, 3.63) is 53.9 Å². The quantitative estimate of drug-likeness (QED) is 0.881. The Morgan fingerprint density at radius 1 is 1.16 bits per heavy atom. The Morgan fingerprint density at radius 3 is 2.47 bits per heavy atom. The van der Waals surface area contributed by atoms with Gasteiger partial charge in [0, 0.05) is 0 Å². The topological polar surface area (TPSA) is 59.1 Å². The second-order valence-electron chi connectivity index (χ2n) is 3.88. The van der Waals surface area contributed by atoms with Crippen LogP contribution >= 0.6 is 0 Å². The highest BCUT2D eigenvalue weighted by atomic mass is 32.2. The van der Waals surface area contributed by atoms with Gasteiger partial charge in [-0.25, -0.2) is 17.8 Å². The van der Waals surface area contributed by atoms with Crippen LogP contribution in [0.25, 0.3) is 0 Å². The number of aromatic nitrogens is 1. The summed E-state index contributed by atoms with van der Waals surface area (Å²) in [6.07, 6.45) is 1.06. The first-order valence-electron chi connectivity index (χ1n) is 5.29. The molecule has 0 aliphatic rings. The Labute approximate surface area is 109 Å². The first-order chi connectivity index (χ1) is 8.88. The maximum atomic E-state index is 12.9. The molecule has 0 saturated carbocycles. The molecule has 0 aliphatic heterocycles. The molecule has 0 atom stereocenters. The first-order valence-corrected chi connectivity index (χ1v) is 6.77. The third-order valence-corrected chi connectivity index (χ3v) is 3.95. The number of hydrogen-bond donors (Lipinski definition) is 1. The van der Waals surface area contributed by atoms with Crippen molar-refractivity contribution in [2.24, 2.45) is 0 Å². The lowest BCUT2D eigenvalue weighted by Crippen LogP contribution is -2.14. The van der Waals surface area contributed by atoms with E-state index in [2.05, 4.69) is 9.71 Å². The molecule has 0 fully saturated rings. The highest BCUT2D eigenvalue weighted by Crippen LogP contribution is 2.19. The summed E-state index contributed by atoms with van der Waals surface area (Å²) in [6.45, 7) is 1.49. The van der Waals surface area contributed by atoms with Gasteiger partial charge in [0.2, 0.25) is 5.95 Å². The van der Waals surface area contributed by atoms with Gasteiger partial charge in [0.05, 0.1) is 16.8 Å². The van der Waals surface area contributed by atoms with Gasteiger partial charge >= 0.3 is 0 Å². The Hall–Kier alpha value is -2.02. The van der Waals surface area contributed by atoms with Crippen molar-refractivity contribution in [1.29, 1.82) is 0 Å². The van der Waals surface area contributed by atoms with E-state index in [0.717, 1.165) is 24.4 Å². The second kappa shape index (κ2) is 4.93. The summed E-state index contributed by atoms with van der Waals surface area (Å²) in [7, 11) is -3.85. The number of aryl methyl sites for hydroxylation is 1. The molecule has 0 unspecified atom stereocenters. The van der Waals surface area contributed by atoms with Crippen molar-refractivity contribution in [2.45, 2.75) is 11.8 Å². The minimum atomic E-state index is -3.85. The SMILES string of the molecule is Cc1cc(F)ccc1S(=O)(=O)Nc1ccc(F)nc1. The van der Waals surface area contributed by atoms with Crippen molar-refractivity contribution in [1.82, 2.24) is 4.98 Å². The van der Waals surface area contributed by atoms with Crippen LogP contribution < -0.4 is 4.72 Å². The van der Waals surface area contributed by atoms with E-state index in [9.17, 15) is 17.2 Å². The summed E-state index contributed by atoms with van der Waals surface area (Å²) in [6, 6.07) is 5.64. The molecule has 0 bridgehead atoms. The molecule has 1 N–H and O–H groups in total. The highest BCUT2D eigenvalue weighted by Gasteiger charge is 2.17. The Morgan fingerprint density at radius 2 is 1.89 bits per heavy atom. The van der Waals surface area contributed by atoms with E-state index in [1.807, 2.05) is 0 Å². The second-order valence-corrected chi connectivity index (χ2v) is 5.54. The average Bonchev–Trinajstić information content (AvgIpc) is 2.31. The van der Waals surface area contributed by atoms with Gasteiger partial charge in [-0.15, -0.1) is 0 Å². The van der Waals surface area contributed by atoms with Crippen LogP contribution in [-0.4, -0.2) is 13.4 Å². The number of benzene rings is 1.